The molecule has 1 aliphatic heterocycles. The number of halogens is 1. The van der Waals surface area contributed by atoms with Crippen LogP contribution in [0.25, 0.3) is 0 Å². The molecule has 1 aliphatic rings. The van der Waals surface area contributed by atoms with Gasteiger partial charge in [-0.25, -0.2) is 12.8 Å². The second-order valence-corrected chi connectivity index (χ2v) is 8.70. The Balaban J connectivity index is 1.59. The number of hydrogen-bond acceptors (Lipinski definition) is 6. The number of carbonyl (C=O) groups is 1. The van der Waals surface area contributed by atoms with Crippen LogP contribution in [0, 0.1) is 5.82 Å². The van der Waals surface area contributed by atoms with Crippen LogP contribution in [0.15, 0.2) is 47.4 Å². The molecule has 0 saturated carbocycles. The summed E-state index contributed by atoms with van der Waals surface area (Å²) in [5.74, 6) is -0.0199. The number of carbonyl (C=O) groups excluding carboxylic acids is 1. The van der Waals surface area contributed by atoms with Crippen molar-refractivity contribution in [3.05, 3.63) is 53.8 Å². The van der Waals surface area contributed by atoms with E-state index in [4.69, 9.17) is 14.2 Å². The van der Waals surface area contributed by atoms with Gasteiger partial charge in [0.1, 0.15) is 22.2 Å². The molecule has 1 fully saturated rings. The number of ether oxygens (including phenoxy) is 3. The Labute approximate surface area is 181 Å². The fraction of sp³-hybridized carbons (Fsp3) is 0.381. The number of methoxy groups -OCH3 is 1. The molecule has 0 atom stereocenters. The predicted octanol–water partition coefficient (Wildman–Crippen LogP) is 2.05. The largest absolute Gasteiger partial charge is 0.495 e. The molecule has 1 N–H and O–H groups in total. The summed E-state index contributed by atoms with van der Waals surface area (Å²) < 4.78 is 56.1. The van der Waals surface area contributed by atoms with Gasteiger partial charge in [0.25, 0.3) is 5.91 Å². The lowest BCUT2D eigenvalue weighted by atomic mass is 10.2. The summed E-state index contributed by atoms with van der Waals surface area (Å²) in [6.45, 7) is 1.80. The molecule has 2 aromatic rings. The number of morpholine rings is 1. The van der Waals surface area contributed by atoms with Crippen molar-refractivity contribution in [2.75, 3.05) is 46.6 Å². The van der Waals surface area contributed by atoms with E-state index in [1.807, 2.05) is 0 Å². The van der Waals surface area contributed by atoms with E-state index in [2.05, 4.69) is 5.32 Å². The molecule has 0 radical (unpaired) electrons. The topological polar surface area (TPSA) is 94.2 Å². The van der Waals surface area contributed by atoms with E-state index in [-0.39, 0.29) is 35.1 Å². The molecule has 31 heavy (non-hydrogen) atoms. The molecule has 0 bridgehead atoms. The van der Waals surface area contributed by atoms with Crippen molar-refractivity contribution in [2.24, 2.45) is 0 Å². The Hall–Kier alpha value is -2.69. The third-order valence-corrected chi connectivity index (χ3v) is 6.62. The number of benzene rings is 2. The van der Waals surface area contributed by atoms with Crippen LogP contribution in [0.3, 0.4) is 0 Å². The van der Waals surface area contributed by atoms with E-state index >= 15 is 0 Å². The van der Waals surface area contributed by atoms with Crippen LogP contribution < -0.4 is 14.8 Å². The molecule has 10 heteroatoms. The van der Waals surface area contributed by atoms with E-state index in [0.29, 0.717) is 38.5 Å². The van der Waals surface area contributed by atoms with E-state index in [1.165, 1.54) is 53.9 Å². The van der Waals surface area contributed by atoms with E-state index in [1.54, 1.807) is 0 Å². The fourth-order valence-electron chi connectivity index (χ4n) is 3.04. The van der Waals surface area contributed by atoms with Crippen molar-refractivity contribution < 1.29 is 31.8 Å². The molecule has 2 aromatic carbocycles. The summed E-state index contributed by atoms with van der Waals surface area (Å²) in [4.78, 5) is 12.5. The molecule has 0 unspecified atom stereocenters. The monoisotopic (exact) mass is 452 g/mol. The van der Waals surface area contributed by atoms with Gasteiger partial charge in [0.2, 0.25) is 10.0 Å². The van der Waals surface area contributed by atoms with E-state index in [0.717, 1.165) is 0 Å². The molecular formula is C21H25FN2O6S. The maximum atomic E-state index is 13.0. The van der Waals surface area contributed by atoms with Crippen LogP contribution in [0.4, 0.5) is 4.39 Å². The number of hydrogen-bond donors (Lipinski definition) is 1. The lowest BCUT2D eigenvalue weighted by Gasteiger charge is -2.26. The summed E-state index contributed by atoms with van der Waals surface area (Å²) in [5.41, 5.74) is 0.215. The zero-order valence-electron chi connectivity index (χ0n) is 17.2. The minimum absolute atomic E-state index is 0.0517. The third kappa shape index (κ3) is 5.93. The zero-order valence-corrected chi connectivity index (χ0v) is 18.0. The minimum atomic E-state index is -3.82. The zero-order chi connectivity index (χ0) is 22.3. The first-order valence-electron chi connectivity index (χ1n) is 9.84. The Kier molecular flexibility index (Phi) is 7.83. The van der Waals surface area contributed by atoms with Crippen molar-refractivity contribution in [1.82, 2.24) is 9.62 Å². The van der Waals surface area contributed by atoms with Crippen LogP contribution >= 0.6 is 0 Å². The summed E-state index contributed by atoms with van der Waals surface area (Å²) >= 11 is 0. The van der Waals surface area contributed by atoms with Gasteiger partial charge in [-0.15, -0.1) is 0 Å². The number of rotatable bonds is 9. The summed E-state index contributed by atoms with van der Waals surface area (Å²) in [6.07, 6.45) is 0.526. The smallest absolute Gasteiger partial charge is 0.251 e. The average Bonchev–Trinajstić information content (AvgIpc) is 2.80. The van der Waals surface area contributed by atoms with Crippen LogP contribution in [-0.4, -0.2) is 65.2 Å². The highest BCUT2D eigenvalue weighted by Gasteiger charge is 2.30. The Bertz CT molecular complexity index is 991. The number of nitrogens with one attached hydrogen (secondary N) is 1. The highest BCUT2D eigenvalue weighted by atomic mass is 32.2. The van der Waals surface area contributed by atoms with Crippen molar-refractivity contribution in [1.29, 1.82) is 0 Å². The number of nitrogens with zero attached hydrogens (tertiary/aromatic N) is 1. The normalized spacial score (nSPS) is 14.8. The summed E-state index contributed by atoms with van der Waals surface area (Å²) in [6, 6.07) is 9.99. The maximum absolute atomic E-state index is 13.0. The van der Waals surface area contributed by atoms with Crippen molar-refractivity contribution in [3.8, 4) is 11.5 Å². The SMILES string of the molecule is COc1ccc(C(=O)NCCCOc2ccc(F)cc2)cc1S(=O)(=O)N1CCOCC1. The molecule has 0 aromatic heterocycles. The van der Waals surface area contributed by atoms with Crippen LogP contribution in [0.2, 0.25) is 0 Å². The average molecular weight is 453 g/mol. The van der Waals surface area contributed by atoms with Crippen molar-refractivity contribution >= 4 is 15.9 Å². The number of amides is 1. The molecule has 8 nitrogen and oxygen atoms in total. The molecular weight excluding hydrogens is 427 g/mol. The number of sulfonamides is 1. The molecule has 0 aliphatic carbocycles. The molecule has 1 heterocycles. The highest BCUT2D eigenvalue weighted by molar-refractivity contribution is 7.89. The van der Waals surface area contributed by atoms with E-state index in [9.17, 15) is 17.6 Å². The van der Waals surface area contributed by atoms with Crippen LogP contribution in [0.1, 0.15) is 16.8 Å². The van der Waals surface area contributed by atoms with Gasteiger partial charge in [0.15, 0.2) is 0 Å². The predicted molar refractivity (Wildman–Crippen MR) is 111 cm³/mol. The van der Waals surface area contributed by atoms with Gasteiger partial charge in [0, 0.05) is 25.2 Å². The fourth-order valence-corrected chi connectivity index (χ4v) is 4.63. The molecule has 1 saturated heterocycles. The van der Waals surface area contributed by atoms with Gasteiger partial charge in [-0.3, -0.25) is 4.79 Å². The van der Waals surface area contributed by atoms with Crippen molar-refractivity contribution in [3.63, 3.8) is 0 Å². The lowest BCUT2D eigenvalue weighted by Crippen LogP contribution is -2.40. The first kappa shape index (κ1) is 23.0. The molecule has 0 spiro atoms. The van der Waals surface area contributed by atoms with Gasteiger partial charge in [-0.2, -0.15) is 4.31 Å². The lowest BCUT2D eigenvalue weighted by molar-refractivity contribution is 0.0729. The summed E-state index contributed by atoms with van der Waals surface area (Å²) in [5, 5.41) is 2.74. The van der Waals surface area contributed by atoms with Crippen LogP contribution in [-0.2, 0) is 14.8 Å². The third-order valence-electron chi connectivity index (χ3n) is 4.70. The second kappa shape index (κ2) is 10.6. The Morgan fingerprint density at radius 2 is 1.87 bits per heavy atom. The standard InChI is InChI=1S/C21H25FN2O6S/c1-28-19-8-3-16(15-20(19)31(26,27)24-10-13-29-14-11-24)21(25)23-9-2-12-30-18-6-4-17(22)5-7-18/h3-8,15H,2,9-14H2,1H3,(H,23,25). The van der Waals surface area contributed by atoms with Gasteiger partial charge in [0.05, 0.1) is 26.9 Å². The Morgan fingerprint density at radius 1 is 1.16 bits per heavy atom. The van der Waals surface area contributed by atoms with E-state index < -0.39 is 15.9 Å². The molecule has 168 valence electrons. The van der Waals surface area contributed by atoms with Gasteiger partial charge in [-0.1, -0.05) is 0 Å². The van der Waals surface area contributed by atoms with Crippen molar-refractivity contribution in [2.45, 2.75) is 11.3 Å². The van der Waals surface area contributed by atoms with Gasteiger partial charge < -0.3 is 19.5 Å². The Morgan fingerprint density at radius 3 is 2.55 bits per heavy atom. The maximum Gasteiger partial charge on any atom is 0.251 e. The van der Waals surface area contributed by atoms with Gasteiger partial charge >= 0.3 is 0 Å². The quantitative estimate of drug-likeness (QED) is 0.586. The van der Waals surface area contributed by atoms with Gasteiger partial charge in [-0.05, 0) is 48.9 Å². The molecule has 3 rings (SSSR count). The molecule has 1 amide bonds. The first-order chi connectivity index (χ1) is 14.9. The highest BCUT2D eigenvalue weighted by Crippen LogP contribution is 2.28. The van der Waals surface area contributed by atoms with Crippen LogP contribution in [0.5, 0.6) is 11.5 Å². The second-order valence-electron chi connectivity index (χ2n) is 6.79. The summed E-state index contributed by atoms with van der Waals surface area (Å²) in [7, 11) is -2.44. The first-order valence-corrected chi connectivity index (χ1v) is 11.3. The minimum Gasteiger partial charge on any atom is -0.495 e.